The molecule has 1 aromatic carbocycles. The molecule has 0 aliphatic carbocycles. The molecule has 0 radical (unpaired) electrons. The molecule has 0 saturated carbocycles. The molecule has 30 heavy (non-hydrogen) atoms. The van der Waals surface area contributed by atoms with E-state index in [4.69, 9.17) is 9.47 Å². The Hall–Kier alpha value is -2.98. The Kier molecular flexibility index (Phi) is 11.1. The molecule has 166 valence electrons. The number of hydrogen-bond donors (Lipinski definition) is 4. The second kappa shape index (κ2) is 13.3. The maximum atomic E-state index is 12.6. The van der Waals surface area contributed by atoms with Gasteiger partial charge in [0.05, 0.1) is 22.5 Å². The Morgan fingerprint density at radius 2 is 1.10 bits per heavy atom. The minimum atomic E-state index is -0.488. The van der Waals surface area contributed by atoms with E-state index in [1.165, 1.54) is 26.4 Å². The summed E-state index contributed by atoms with van der Waals surface area (Å²) in [6.45, 7) is 4.21. The first-order valence-electron chi connectivity index (χ1n) is 9.69. The lowest BCUT2D eigenvalue weighted by Gasteiger charge is -2.17. The first-order valence-corrected chi connectivity index (χ1v) is 9.69. The topological polar surface area (TPSA) is 135 Å². The molecule has 0 unspecified atom stereocenters. The van der Waals surface area contributed by atoms with E-state index < -0.39 is 23.6 Å². The van der Waals surface area contributed by atoms with Gasteiger partial charge in [-0.05, 0) is 25.0 Å². The van der Waals surface area contributed by atoms with Gasteiger partial charge in [-0.15, -0.1) is 0 Å². The summed E-state index contributed by atoms with van der Waals surface area (Å²) in [5.41, 5.74) is 0.481. The van der Waals surface area contributed by atoms with E-state index in [1.54, 1.807) is 0 Å². The van der Waals surface area contributed by atoms with Crippen LogP contribution in [0.1, 0.15) is 47.4 Å². The van der Waals surface area contributed by atoms with Gasteiger partial charge in [-0.25, -0.2) is 0 Å². The standard InChI is InChI=1S/C20H30N4O6/c1-5-7-21-19(27)13-9-16(24-18(26)12-30-4)14(20(28)22-8-6-2)10-15(13)23-17(25)11-29-3/h9-10H,5-8,11-12H2,1-4H3,(H,21,27)(H,22,28)(H,23,25)(H,24,26). The van der Waals surface area contributed by atoms with Crippen LogP contribution in [0.2, 0.25) is 0 Å². The van der Waals surface area contributed by atoms with Gasteiger partial charge in [0.25, 0.3) is 11.8 Å². The maximum absolute atomic E-state index is 12.6. The number of carbonyl (C=O) groups is 4. The predicted octanol–water partition coefficient (Wildman–Crippen LogP) is 1.14. The SMILES string of the molecule is CCCNC(=O)c1cc(NC(=O)COC)c(C(=O)NCCC)cc1NC(=O)COC. The predicted molar refractivity (Wildman–Crippen MR) is 113 cm³/mol. The third-order valence-electron chi connectivity index (χ3n) is 3.82. The fourth-order valence-electron chi connectivity index (χ4n) is 2.48. The molecule has 0 aromatic heterocycles. The average molecular weight is 422 g/mol. The van der Waals surface area contributed by atoms with Crippen LogP contribution in [0.4, 0.5) is 11.4 Å². The van der Waals surface area contributed by atoms with Crippen molar-refractivity contribution < 1.29 is 28.7 Å². The zero-order chi connectivity index (χ0) is 22.5. The second-order valence-electron chi connectivity index (χ2n) is 6.42. The third kappa shape index (κ3) is 7.80. The Morgan fingerprint density at radius 1 is 0.733 bits per heavy atom. The minimum Gasteiger partial charge on any atom is -0.375 e. The Balaban J connectivity index is 3.46. The Morgan fingerprint density at radius 3 is 1.40 bits per heavy atom. The highest BCUT2D eigenvalue weighted by molar-refractivity contribution is 6.11. The van der Waals surface area contributed by atoms with E-state index in [0.717, 1.165) is 0 Å². The van der Waals surface area contributed by atoms with Gasteiger partial charge >= 0.3 is 0 Å². The van der Waals surface area contributed by atoms with Gasteiger partial charge in [0.2, 0.25) is 11.8 Å². The van der Waals surface area contributed by atoms with Crippen molar-refractivity contribution >= 4 is 35.0 Å². The number of rotatable bonds is 12. The van der Waals surface area contributed by atoms with Gasteiger partial charge in [0, 0.05) is 27.3 Å². The van der Waals surface area contributed by atoms with Crippen LogP contribution in [0.25, 0.3) is 0 Å². The van der Waals surface area contributed by atoms with E-state index in [0.29, 0.717) is 25.9 Å². The van der Waals surface area contributed by atoms with Crippen molar-refractivity contribution in [3.05, 3.63) is 23.3 Å². The maximum Gasteiger partial charge on any atom is 0.253 e. The van der Waals surface area contributed by atoms with Crippen LogP contribution in [0.3, 0.4) is 0 Å². The molecule has 4 amide bonds. The van der Waals surface area contributed by atoms with Gasteiger partial charge in [-0.3, -0.25) is 19.2 Å². The van der Waals surface area contributed by atoms with Crippen molar-refractivity contribution in [2.24, 2.45) is 0 Å². The number of nitrogens with one attached hydrogen (secondary N) is 4. The quantitative estimate of drug-likeness (QED) is 0.399. The summed E-state index contributed by atoms with van der Waals surface area (Å²) in [5, 5.41) is 10.6. The van der Waals surface area contributed by atoms with Gasteiger partial charge in [0.15, 0.2) is 0 Å². The number of benzene rings is 1. The van der Waals surface area contributed by atoms with E-state index in [-0.39, 0.29) is 35.7 Å². The lowest BCUT2D eigenvalue weighted by atomic mass is 10.0. The van der Waals surface area contributed by atoms with E-state index in [1.807, 2.05) is 13.8 Å². The molecule has 0 fully saturated rings. The van der Waals surface area contributed by atoms with Crippen LogP contribution in [0.15, 0.2) is 12.1 Å². The highest BCUT2D eigenvalue weighted by atomic mass is 16.5. The van der Waals surface area contributed by atoms with Crippen LogP contribution >= 0.6 is 0 Å². The van der Waals surface area contributed by atoms with Crippen LogP contribution in [0, 0.1) is 0 Å². The van der Waals surface area contributed by atoms with Gasteiger partial charge in [0.1, 0.15) is 13.2 Å². The summed E-state index contributed by atoms with van der Waals surface area (Å²) >= 11 is 0. The smallest absolute Gasteiger partial charge is 0.253 e. The average Bonchev–Trinajstić information content (AvgIpc) is 2.71. The lowest BCUT2D eigenvalue weighted by Crippen LogP contribution is -2.30. The molecule has 10 nitrogen and oxygen atoms in total. The molecule has 1 aromatic rings. The van der Waals surface area contributed by atoms with Crippen LogP contribution in [-0.4, -0.2) is 64.2 Å². The van der Waals surface area contributed by atoms with Crippen molar-refractivity contribution in [1.29, 1.82) is 0 Å². The lowest BCUT2D eigenvalue weighted by molar-refractivity contribution is -0.120. The van der Waals surface area contributed by atoms with E-state index in [2.05, 4.69) is 21.3 Å². The molecule has 1 rings (SSSR count). The molecule has 0 atom stereocenters. The summed E-state index contributed by atoms with van der Waals surface area (Å²) in [4.78, 5) is 49.4. The number of methoxy groups -OCH3 is 2. The van der Waals surface area contributed by atoms with Gasteiger partial charge in [-0.1, -0.05) is 13.8 Å². The van der Waals surface area contributed by atoms with Crippen LogP contribution < -0.4 is 21.3 Å². The first-order chi connectivity index (χ1) is 14.4. The number of ether oxygens (including phenoxy) is 2. The molecule has 0 aliphatic heterocycles. The van der Waals surface area contributed by atoms with Crippen molar-refractivity contribution in [3.63, 3.8) is 0 Å². The van der Waals surface area contributed by atoms with Gasteiger partial charge < -0.3 is 30.7 Å². The summed E-state index contributed by atoms with van der Waals surface area (Å²) in [6.07, 6.45) is 1.43. The fourth-order valence-corrected chi connectivity index (χ4v) is 2.48. The zero-order valence-electron chi connectivity index (χ0n) is 17.8. The monoisotopic (exact) mass is 422 g/mol. The van der Waals surface area contributed by atoms with Crippen LogP contribution in [-0.2, 0) is 19.1 Å². The third-order valence-corrected chi connectivity index (χ3v) is 3.82. The minimum absolute atomic E-state index is 0.104. The van der Waals surface area contributed by atoms with Crippen molar-refractivity contribution in [2.45, 2.75) is 26.7 Å². The molecule has 4 N–H and O–H groups in total. The normalized spacial score (nSPS) is 10.3. The highest BCUT2D eigenvalue weighted by Crippen LogP contribution is 2.26. The molecular formula is C20H30N4O6. The fraction of sp³-hybridized carbons (Fsp3) is 0.500. The first kappa shape index (κ1) is 25.1. The number of carbonyl (C=O) groups excluding carboxylic acids is 4. The summed E-state index contributed by atoms with van der Waals surface area (Å²) in [6, 6.07) is 2.73. The van der Waals surface area contributed by atoms with E-state index in [9.17, 15) is 19.2 Å². The molecule has 0 heterocycles. The molecule has 0 saturated heterocycles. The zero-order valence-corrected chi connectivity index (χ0v) is 17.8. The van der Waals surface area contributed by atoms with Gasteiger partial charge in [-0.2, -0.15) is 0 Å². The largest absolute Gasteiger partial charge is 0.375 e. The molecule has 0 spiro atoms. The van der Waals surface area contributed by atoms with E-state index >= 15 is 0 Å². The molecule has 0 bridgehead atoms. The van der Waals surface area contributed by atoms with Crippen molar-refractivity contribution in [3.8, 4) is 0 Å². The molecular weight excluding hydrogens is 392 g/mol. The number of anilines is 2. The number of hydrogen-bond acceptors (Lipinski definition) is 6. The molecule has 10 heteroatoms. The summed E-state index contributed by atoms with van der Waals surface area (Å²) in [5.74, 6) is -1.88. The highest BCUT2D eigenvalue weighted by Gasteiger charge is 2.21. The Labute approximate surface area is 176 Å². The van der Waals surface area contributed by atoms with Crippen molar-refractivity contribution in [2.75, 3.05) is 51.2 Å². The number of amides is 4. The van der Waals surface area contributed by atoms with Crippen molar-refractivity contribution in [1.82, 2.24) is 10.6 Å². The molecule has 0 aliphatic rings. The second-order valence-corrected chi connectivity index (χ2v) is 6.42. The summed E-state index contributed by atoms with van der Waals surface area (Å²) in [7, 11) is 2.74. The van der Waals surface area contributed by atoms with Crippen LogP contribution in [0.5, 0.6) is 0 Å². The Bertz CT molecular complexity index is 702. The summed E-state index contributed by atoms with van der Waals surface area (Å²) < 4.78 is 9.62.